The van der Waals surface area contributed by atoms with Gasteiger partial charge in [-0.25, -0.2) is 0 Å². The first-order valence-corrected chi connectivity index (χ1v) is 12.3. The third-order valence-electron chi connectivity index (χ3n) is 6.22. The van der Waals surface area contributed by atoms with E-state index in [1.54, 1.807) is 17.4 Å². The Morgan fingerprint density at radius 2 is 1.88 bits per heavy atom. The molecule has 1 aliphatic heterocycles. The predicted molar refractivity (Wildman–Crippen MR) is 127 cm³/mol. The zero-order valence-corrected chi connectivity index (χ0v) is 19.6. The van der Waals surface area contributed by atoms with Crippen molar-refractivity contribution in [2.75, 3.05) is 38.0 Å². The summed E-state index contributed by atoms with van der Waals surface area (Å²) in [5.74, 6) is 0.0264. The van der Waals surface area contributed by atoms with E-state index in [1.807, 2.05) is 23.1 Å². The second-order valence-electron chi connectivity index (χ2n) is 8.32. The minimum atomic E-state index is -0.0580. The minimum Gasteiger partial charge on any atom is -0.340 e. The predicted octanol–water partition coefficient (Wildman–Crippen LogP) is 3.87. The molecule has 168 valence electrons. The van der Waals surface area contributed by atoms with Gasteiger partial charge in [0.25, 0.3) is 0 Å². The lowest BCUT2D eigenvalue weighted by Crippen LogP contribution is -2.49. The Labute approximate surface area is 197 Å². The van der Waals surface area contributed by atoms with Crippen molar-refractivity contribution < 1.29 is 9.59 Å². The van der Waals surface area contributed by atoms with Gasteiger partial charge in [0.2, 0.25) is 11.8 Å². The number of fused-ring (bicyclic) bond motifs is 1. The van der Waals surface area contributed by atoms with Crippen LogP contribution in [0.1, 0.15) is 40.8 Å². The summed E-state index contributed by atoms with van der Waals surface area (Å²) >= 11 is 7.73. The van der Waals surface area contributed by atoms with Gasteiger partial charge in [0.05, 0.1) is 12.0 Å². The van der Waals surface area contributed by atoms with Crippen LogP contribution < -0.4 is 5.32 Å². The lowest BCUT2D eigenvalue weighted by atomic mass is 9.96. The zero-order chi connectivity index (χ0) is 22.5. The fraction of sp³-hybridized carbons (Fsp3) is 0.458. The van der Waals surface area contributed by atoms with Crippen LogP contribution in [0.5, 0.6) is 0 Å². The Hall–Kier alpha value is -2.40. The molecule has 1 N–H and O–H groups in total. The van der Waals surface area contributed by atoms with E-state index in [4.69, 9.17) is 11.6 Å². The van der Waals surface area contributed by atoms with Gasteiger partial charge in [-0.1, -0.05) is 29.8 Å². The number of benzene rings is 1. The fourth-order valence-electron chi connectivity index (χ4n) is 4.36. The molecular weight excluding hydrogens is 444 g/mol. The van der Waals surface area contributed by atoms with Crippen molar-refractivity contribution in [1.82, 2.24) is 9.80 Å². The maximum atomic E-state index is 12.6. The Morgan fingerprint density at radius 1 is 1.12 bits per heavy atom. The van der Waals surface area contributed by atoms with Crippen LogP contribution in [0.2, 0.25) is 5.02 Å². The molecule has 2 aliphatic rings. The first-order valence-electron chi connectivity index (χ1n) is 11.1. The topological polar surface area (TPSA) is 76.4 Å². The minimum absolute atomic E-state index is 0.0580. The highest BCUT2D eigenvalue weighted by molar-refractivity contribution is 7.16. The molecule has 1 fully saturated rings. The Kier molecular flexibility index (Phi) is 7.46. The van der Waals surface area contributed by atoms with Crippen LogP contribution in [0.3, 0.4) is 0 Å². The van der Waals surface area contributed by atoms with Crippen molar-refractivity contribution in [3.63, 3.8) is 0 Å². The monoisotopic (exact) mass is 470 g/mol. The molecule has 0 spiro atoms. The number of rotatable bonds is 6. The molecule has 32 heavy (non-hydrogen) atoms. The van der Waals surface area contributed by atoms with Crippen LogP contribution in [0.15, 0.2) is 24.3 Å². The number of nitrogens with one attached hydrogen (secondary N) is 1. The van der Waals surface area contributed by atoms with Crippen LogP contribution in [0.25, 0.3) is 0 Å². The average Bonchev–Trinajstić information content (AvgIpc) is 3.16. The van der Waals surface area contributed by atoms with Gasteiger partial charge in [0, 0.05) is 49.0 Å². The van der Waals surface area contributed by atoms with E-state index < -0.39 is 0 Å². The average molecular weight is 471 g/mol. The Morgan fingerprint density at radius 3 is 2.62 bits per heavy atom. The van der Waals surface area contributed by atoms with Crippen LogP contribution >= 0.6 is 22.9 Å². The van der Waals surface area contributed by atoms with Crippen molar-refractivity contribution in [2.45, 2.75) is 38.5 Å². The standard InChI is InChI=1S/C24H27ClN4O2S/c25-20-7-3-1-5-17(20)15-23(31)29-13-11-28(12-14-29)10-9-22(30)27-24-19(16-26)18-6-2-4-8-21(18)32-24/h1,3,5,7H,2,4,6,8-15H2,(H,27,30). The van der Waals surface area contributed by atoms with E-state index in [0.29, 0.717) is 48.1 Å². The van der Waals surface area contributed by atoms with Gasteiger partial charge in [-0.05, 0) is 42.9 Å². The molecule has 2 aromatic rings. The molecule has 1 aromatic carbocycles. The van der Waals surface area contributed by atoms with Gasteiger partial charge in [-0.15, -0.1) is 11.3 Å². The van der Waals surface area contributed by atoms with E-state index in [-0.39, 0.29) is 11.8 Å². The van der Waals surface area contributed by atoms with E-state index in [0.717, 1.165) is 49.9 Å². The molecule has 4 rings (SSSR count). The number of carbonyl (C=O) groups excluding carboxylic acids is 2. The van der Waals surface area contributed by atoms with E-state index in [9.17, 15) is 14.9 Å². The summed E-state index contributed by atoms with van der Waals surface area (Å²) in [7, 11) is 0. The number of halogens is 1. The second kappa shape index (κ2) is 10.5. The fourth-order valence-corrected chi connectivity index (χ4v) is 5.82. The number of hydrogen-bond acceptors (Lipinski definition) is 5. The van der Waals surface area contributed by atoms with Crippen LogP contribution in [0.4, 0.5) is 5.00 Å². The van der Waals surface area contributed by atoms with Gasteiger partial charge >= 0.3 is 0 Å². The third kappa shape index (κ3) is 5.32. The summed E-state index contributed by atoms with van der Waals surface area (Å²) < 4.78 is 0. The number of thiophene rings is 1. The molecule has 6 nitrogen and oxygen atoms in total. The van der Waals surface area contributed by atoms with Crippen molar-refractivity contribution in [3.8, 4) is 6.07 Å². The highest BCUT2D eigenvalue weighted by Gasteiger charge is 2.24. The van der Waals surface area contributed by atoms with E-state index >= 15 is 0 Å². The molecule has 0 saturated carbocycles. The molecule has 2 heterocycles. The van der Waals surface area contributed by atoms with E-state index in [2.05, 4.69) is 16.3 Å². The second-order valence-corrected chi connectivity index (χ2v) is 9.83. The van der Waals surface area contributed by atoms with Crippen molar-refractivity contribution in [3.05, 3.63) is 50.9 Å². The molecular formula is C24H27ClN4O2S. The normalized spacial score (nSPS) is 16.3. The lowest BCUT2D eigenvalue weighted by Gasteiger charge is -2.34. The largest absolute Gasteiger partial charge is 0.340 e. The Balaban J connectivity index is 1.23. The molecule has 0 unspecified atom stereocenters. The maximum absolute atomic E-state index is 12.6. The summed E-state index contributed by atoms with van der Waals surface area (Å²) in [6, 6.07) is 9.73. The van der Waals surface area contributed by atoms with Gasteiger partial charge in [0.15, 0.2) is 0 Å². The summed E-state index contributed by atoms with van der Waals surface area (Å²) in [6.45, 7) is 3.45. The molecule has 8 heteroatoms. The highest BCUT2D eigenvalue weighted by Crippen LogP contribution is 2.37. The molecule has 1 saturated heterocycles. The number of aryl methyl sites for hydroxylation is 1. The van der Waals surface area contributed by atoms with E-state index in [1.165, 1.54) is 4.88 Å². The number of nitrogens with zero attached hydrogens (tertiary/aromatic N) is 3. The SMILES string of the molecule is N#Cc1c(NC(=O)CCN2CCN(C(=O)Cc3ccccc3Cl)CC2)sc2c1CCCC2. The number of amides is 2. The van der Waals surface area contributed by atoms with Crippen molar-refractivity contribution in [2.24, 2.45) is 0 Å². The van der Waals surface area contributed by atoms with Crippen molar-refractivity contribution >= 4 is 39.8 Å². The molecule has 1 aliphatic carbocycles. The quantitative estimate of drug-likeness (QED) is 0.695. The smallest absolute Gasteiger partial charge is 0.227 e. The molecule has 0 radical (unpaired) electrons. The van der Waals surface area contributed by atoms with Gasteiger partial charge in [-0.2, -0.15) is 5.26 Å². The highest BCUT2D eigenvalue weighted by atomic mass is 35.5. The molecule has 0 atom stereocenters. The maximum Gasteiger partial charge on any atom is 0.227 e. The van der Waals surface area contributed by atoms with Gasteiger partial charge in [-0.3, -0.25) is 14.5 Å². The van der Waals surface area contributed by atoms with Crippen LogP contribution in [0, 0.1) is 11.3 Å². The first-order chi connectivity index (χ1) is 15.5. The number of nitriles is 1. The van der Waals surface area contributed by atoms with Crippen LogP contribution in [-0.4, -0.2) is 54.3 Å². The third-order valence-corrected chi connectivity index (χ3v) is 7.79. The van der Waals surface area contributed by atoms with Gasteiger partial charge < -0.3 is 10.2 Å². The first kappa shape index (κ1) is 22.8. The summed E-state index contributed by atoms with van der Waals surface area (Å²) in [5, 5.41) is 13.8. The number of anilines is 1. The lowest BCUT2D eigenvalue weighted by molar-refractivity contribution is -0.132. The number of carbonyl (C=O) groups is 2. The molecule has 1 aromatic heterocycles. The molecule has 2 amide bonds. The Bertz CT molecular complexity index is 1040. The number of piperazine rings is 1. The summed E-state index contributed by atoms with van der Waals surface area (Å²) in [5.41, 5.74) is 2.64. The summed E-state index contributed by atoms with van der Waals surface area (Å²) in [6.07, 6.45) is 4.89. The zero-order valence-electron chi connectivity index (χ0n) is 18.0. The van der Waals surface area contributed by atoms with Gasteiger partial charge in [0.1, 0.15) is 11.1 Å². The summed E-state index contributed by atoms with van der Waals surface area (Å²) in [4.78, 5) is 30.5. The number of hydrogen-bond donors (Lipinski definition) is 1. The molecule has 0 bridgehead atoms. The van der Waals surface area contributed by atoms with Crippen molar-refractivity contribution in [1.29, 1.82) is 5.26 Å². The van der Waals surface area contributed by atoms with Crippen LogP contribution in [-0.2, 0) is 28.9 Å².